The Kier molecular flexibility index (Phi) is 5.26. The van der Waals surface area contributed by atoms with Gasteiger partial charge in [0.2, 0.25) is 0 Å². The van der Waals surface area contributed by atoms with Crippen molar-refractivity contribution in [1.29, 1.82) is 5.26 Å². The average molecular weight is 336 g/mol. The Morgan fingerprint density at radius 2 is 2.14 bits per heavy atom. The Balaban J connectivity index is 2.34. The molecule has 22 heavy (non-hydrogen) atoms. The number of halogens is 2. The first-order valence-corrected chi connectivity index (χ1v) is 7.15. The number of carbonyl (C=O) groups is 1. The molecule has 0 aliphatic heterocycles. The third kappa shape index (κ3) is 3.51. The molecule has 1 heterocycles. The molecule has 0 aliphatic carbocycles. The summed E-state index contributed by atoms with van der Waals surface area (Å²) in [7, 11) is 0. The van der Waals surface area contributed by atoms with Crippen LogP contribution in [-0.2, 0) is 9.53 Å². The fraction of sp³-hybridized carbons (Fsp3) is 0.125. The minimum atomic E-state index is -0.691. The van der Waals surface area contributed by atoms with Crippen molar-refractivity contribution < 1.29 is 13.9 Å². The van der Waals surface area contributed by atoms with Crippen LogP contribution in [0.25, 0.3) is 17.4 Å². The van der Waals surface area contributed by atoms with Gasteiger partial charge >= 0.3 is 5.97 Å². The van der Waals surface area contributed by atoms with E-state index in [2.05, 4.69) is 0 Å². The minimum absolute atomic E-state index is 0.139. The van der Waals surface area contributed by atoms with Crippen LogP contribution in [0, 0.1) is 11.3 Å². The zero-order chi connectivity index (χ0) is 16.1. The molecule has 0 saturated carbocycles. The van der Waals surface area contributed by atoms with Gasteiger partial charge in [0.1, 0.15) is 23.2 Å². The van der Waals surface area contributed by atoms with E-state index in [1.54, 1.807) is 43.3 Å². The summed E-state index contributed by atoms with van der Waals surface area (Å²) in [5.74, 6) is 0.138. The molecular weight excluding hydrogens is 325 g/mol. The largest absolute Gasteiger partial charge is 0.462 e. The maximum Gasteiger partial charge on any atom is 0.349 e. The lowest BCUT2D eigenvalue weighted by Crippen LogP contribution is -2.05. The van der Waals surface area contributed by atoms with Crippen LogP contribution in [0.15, 0.2) is 40.3 Å². The summed E-state index contributed by atoms with van der Waals surface area (Å²) in [5.41, 5.74) is 0.489. The molecule has 0 spiro atoms. The molecule has 0 radical (unpaired) electrons. The standard InChI is InChI=1S/C16H11Cl2NO3/c1-2-21-16(20)10(9-19)8-11-6-7-14(22-11)12-4-3-5-13(17)15(12)18/h3-8H,2H2,1H3. The van der Waals surface area contributed by atoms with Gasteiger partial charge in [-0.3, -0.25) is 0 Å². The third-order valence-electron chi connectivity index (χ3n) is 2.75. The summed E-state index contributed by atoms with van der Waals surface area (Å²) in [6.45, 7) is 1.86. The van der Waals surface area contributed by atoms with E-state index in [-0.39, 0.29) is 12.2 Å². The van der Waals surface area contributed by atoms with Crippen molar-refractivity contribution in [2.75, 3.05) is 6.61 Å². The molecule has 0 bridgehead atoms. The van der Waals surface area contributed by atoms with E-state index in [0.717, 1.165) is 0 Å². The van der Waals surface area contributed by atoms with Crippen LogP contribution in [0.1, 0.15) is 12.7 Å². The van der Waals surface area contributed by atoms with Crippen molar-refractivity contribution >= 4 is 35.2 Å². The van der Waals surface area contributed by atoms with Gasteiger partial charge in [-0.25, -0.2) is 4.79 Å². The van der Waals surface area contributed by atoms with Crippen LogP contribution in [0.2, 0.25) is 10.0 Å². The van der Waals surface area contributed by atoms with Gasteiger partial charge in [-0.2, -0.15) is 5.26 Å². The lowest BCUT2D eigenvalue weighted by Gasteiger charge is -2.02. The van der Waals surface area contributed by atoms with Crippen LogP contribution < -0.4 is 0 Å². The Labute approximate surface area is 137 Å². The van der Waals surface area contributed by atoms with Gasteiger partial charge in [-0.1, -0.05) is 29.3 Å². The molecule has 0 atom stereocenters. The Morgan fingerprint density at radius 3 is 2.82 bits per heavy atom. The number of esters is 1. The van der Waals surface area contributed by atoms with Crippen LogP contribution in [0.3, 0.4) is 0 Å². The monoisotopic (exact) mass is 335 g/mol. The number of hydrogen-bond donors (Lipinski definition) is 0. The first-order valence-electron chi connectivity index (χ1n) is 6.40. The predicted molar refractivity (Wildman–Crippen MR) is 84.4 cm³/mol. The van der Waals surface area contributed by atoms with Gasteiger partial charge < -0.3 is 9.15 Å². The predicted octanol–water partition coefficient (Wildman–Crippen LogP) is 4.72. The summed E-state index contributed by atoms with van der Waals surface area (Å²) in [4.78, 5) is 11.6. The fourth-order valence-corrected chi connectivity index (χ4v) is 2.15. The molecule has 2 rings (SSSR count). The molecular formula is C16H11Cl2NO3. The molecule has 0 N–H and O–H groups in total. The van der Waals surface area contributed by atoms with Crippen molar-refractivity contribution in [1.82, 2.24) is 0 Å². The number of nitriles is 1. The summed E-state index contributed by atoms with van der Waals surface area (Å²) < 4.78 is 10.4. The highest BCUT2D eigenvalue weighted by Crippen LogP contribution is 2.34. The first-order chi connectivity index (χ1) is 10.6. The highest BCUT2D eigenvalue weighted by molar-refractivity contribution is 6.43. The summed E-state index contributed by atoms with van der Waals surface area (Å²) in [6, 6.07) is 10.3. The Morgan fingerprint density at radius 1 is 1.36 bits per heavy atom. The summed E-state index contributed by atoms with van der Waals surface area (Å²) in [5, 5.41) is 9.78. The number of furan rings is 1. The van der Waals surface area contributed by atoms with Crippen molar-refractivity contribution in [2.45, 2.75) is 6.92 Å². The molecule has 0 fully saturated rings. The number of ether oxygens (including phenoxy) is 1. The quantitative estimate of drug-likeness (QED) is 0.460. The zero-order valence-corrected chi connectivity index (χ0v) is 13.1. The van der Waals surface area contributed by atoms with Crippen LogP contribution in [-0.4, -0.2) is 12.6 Å². The van der Waals surface area contributed by atoms with Gasteiger partial charge in [-0.15, -0.1) is 0 Å². The normalized spacial score (nSPS) is 11.1. The molecule has 0 amide bonds. The second-order valence-corrected chi connectivity index (χ2v) is 4.98. The van der Waals surface area contributed by atoms with E-state index in [0.29, 0.717) is 27.1 Å². The smallest absolute Gasteiger partial charge is 0.349 e. The van der Waals surface area contributed by atoms with Crippen LogP contribution in [0.4, 0.5) is 0 Å². The maximum absolute atomic E-state index is 11.6. The minimum Gasteiger partial charge on any atom is -0.462 e. The number of nitrogens with zero attached hydrogens (tertiary/aromatic N) is 1. The second kappa shape index (κ2) is 7.17. The van der Waals surface area contributed by atoms with E-state index in [9.17, 15) is 4.79 Å². The molecule has 2 aromatic rings. The van der Waals surface area contributed by atoms with Crippen LogP contribution in [0.5, 0.6) is 0 Å². The van der Waals surface area contributed by atoms with Gasteiger partial charge in [0.25, 0.3) is 0 Å². The fourth-order valence-electron chi connectivity index (χ4n) is 1.76. The molecule has 112 valence electrons. The second-order valence-electron chi connectivity index (χ2n) is 4.19. The molecule has 1 aromatic carbocycles. The third-order valence-corrected chi connectivity index (χ3v) is 3.57. The van der Waals surface area contributed by atoms with Crippen molar-refractivity contribution in [2.24, 2.45) is 0 Å². The lowest BCUT2D eigenvalue weighted by molar-refractivity contribution is -0.137. The molecule has 1 aromatic heterocycles. The van der Waals surface area contributed by atoms with Crippen molar-refractivity contribution in [3.8, 4) is 17.4 Å². The SMILES string of the molecule is CCOC(=O)C(C#N)=Cc1ccc(-c2cccc(Cl)c2Cl)o1. The first kappa shape index (κ1) is 16.2. The topological polar surface area (TPSA) is 63.2 Å². The summed E-state index contributed by atoms with van der Waals surface area (Å²) >= 11 is 12.1. The Hall–Kier alpha value is -2.22. The average Bonchev–Trinajstić information content (AvgIpc) is 2.96. The number of carbonyl (C=O) groups excluding carboxylic acids is 1. The molecule has 0 aliphatic rings. The van der Waals surface area contributed by atoms with Crippen molar-refractivity contribution in [3.63, 3.8) is 0 Å². The summed E-state index contributed by atoms with van der Waals surface area (Å²) in [6.07, 6.45) is 1.32. The van der Waals surface area contributed by atoms with E-state index >= 15 is 0 Å². The molecule has 0 unspecified atom stereocenters. The molecule has 4 nitrogen and oxygen atoms in total. The Bertz CT molecular complexity index is 772. The van der Waals surface area contributed by atoms with Gasteiger partial charge in [0.15, 0.2) is 0 Å². The highest BCUT2D eigenvalue weighted by Gasteiger charge is 2.13. The van der Waals surface area contributed by atoms with E-state index in [1.165, 1.54) is 6.08 Å². The lowest BCUT2D eigenvalue weighted by atomic mass is 10.2. The van der Waals surface area contributed by atoms with Crippen molar-refractivity contribution in [3.05, 3.63) is 51.7 Å². The number of hydrogen-bond acceptors (Lipinski definition) is 4. The molecule has 0 saturated heterocycles. The van der Waals surface area contributed by atoms with E-state index in [1.807, 2.05) is 0 Å². The van der Waals surface area contributed by atoms with E-state index in [4.69, 9.17) is 37.6 Å². The van der Waals surface area contributed by atoms with Gasteiger partial charge in [-0.05, 0) is 31.2 Å². The maximum atomic E-state index is 11.6. The number of rotatable bonds is 4. The van der Waals surface area contributed by atoms with Gasteiger partial charge in [0, 0.05) is 11.6 Å². The molecule has 6 heteroatoms. The zero-order valence-electron chi connectivity index (χ0n) is 11.6. The number of benzene rings is 1. The highest BCUT2D eigenvalue weighted by atomic mass is 35.5. The van der Waals surface area contributed by atoms with Crippen LogP contribution >= 0.6 is 23.2 Å². The van der Waals surface area contributed by atoms with E-state index < -0.39 is 5.97 Å². The van der Waals surface area contributed by atoms with Gasteiger partial charge in [0.05, 0.1) is 16.7 Å².